The summed E-state index contributed by atoms with van der Waals surface area (Å²) >= 11 is 0.771. The van der Waals surface area contributed by atoms with Crippen molar-refractivity contribution in [2.45, 2.75) is 41.5 Å². The first kappa shape index (κ1) is 27.7. The SMILES string of the molecule is O=C(Cc1cccc(C2CC2(NS(=O)(=O)C2CC=C(c3cc(C(F)(F)F)on3)S2)C(=O)O)c1)N1CCOCC1. The number of carboxylic acids is 1. The molecule has 0 bridgehead atoms. The van der Waals surface area contributed by atoms with Crippen molar-refractivity contribution >= 4 is 38.6 Å². The van der Waals surface area contributed by atoms with Crippen LogP contribution in [-0.4, -0.2) is 71.9 Å². The number of halogens is 3. The lowest BCUT2D eigenvalue weighted by Crippen LogP contribution is -2.47. The van der Waals surface area contributed by atoms with Gasteiger partial charge in [-0.05, 0) is 24.0 Å². The fourth-order valence-corrected chi connectivity index (χ4v) is 7.87. The molecule has 10 nitrogen and oxygen atoms in total. The van der Waals surface area contributed by atoms with Gasteiger partial charge in [-0.3, -0.25) is 9.59 Å². The van der Waals surface area contributed by atoms with Crippen molar-refractivity contribution in [2.24, 2.45) is 0 Å². The normalized spacial score (nSPS) is 25.4. The van der Waals surface area contributed by atoms with Crippen molar-refractivity contribution in [2.75, 3.05) is 26.3 Å². The zero-order valence-corrected chi connectivity index (χ0v) is 21.9. The number of thioether (sulfide) groups is 1. The third-order valence-electron chi connectivity index (χ3n) is 6.88. The van der Waals surface area contributed by atoms with E-state index in [1.807, 2.05) is 0 Å². The summed E-state index contributed by atoms with van der Waals surface area (Å²) in [6.07, 6.45) is -3.22. The van der Waals surface area contributed by atoms with E-state index in [1.54, 1.807) is 29.2 Å². The Morgan fingerprint density at radius 1 is 1.23 bits per heavy atom. The minimum atomic E-state index is -4.73. The van der Waals surface area contributed by atoms with Crippen LogP contribution in [0.1, 0.15) is 41.3 Å². The van der Waals surface area contributed by atoms with E-state index in [4.69, 9.17) is 4.74 Å². The molecule has 1 aliphatic carbocycles. The molecule has 2 aliphatic heterocycles. The molecule has 1 aromatic carbocycles. The van der Waals surface area contributed by atoms with E-state index >= 15 is 0 Å². The van der Waals surface area contributed by atoms with Gasteiger partial charge < -0.3 is 19.3 Å². The smallest absolute Gasteiger partial charge is 0.452 e. The van der Waals surface area contributed by atoms with Crippen LogP contribution in [0.15, 0.2) is 40.9 Å². The number of sulfonamides is 1. The Morgan fingerprint density at radius 3 is 2.64 bits per heavy atom. The fourth-order valence-electron chi connectivity index (χ4n) is 4.72. The minimum absolute atomic E-state index is 0.0122. The van der Waals surface area contributed by atoms with E-state index in [1.165, 1.54) is 6.08 Å². The number of hydrogen-bond acceptors (Lipinski definition) is 8. The highest BCUT2D eigenvalue weighted by molar-refractivity contribution is 8.18. The van der Waals surface area contributed by atoms with Gasteiger partial charge in [0.15, 0.2) is 0 Å². The van der Waals surface area contributed by atoms with Crippen LogP contribution >= 0.6 is 11.8 Å². The number of morpholine rings is 1. The predicted molar refractivity (Wildman–Crippen MR) is 133 cm³/mol. The largest absolute Gasteiger partial charge is 0.480 e. The molecule has 0 spiro atoms. The van der Waals surface area contributed by atoms with Gasteiger partial charge >= 0.3 is 12.1 Å². The highest BCUT2D eigenvalue weighted by Gasteiger charge is 2.64. The maximum atomic E-state index is 13.2. The number of rotatable bonds is 8. The van der Waals surface area contributed by atoms with Gasteiger partial charge in [-0.2, -0.15) is 17.9 Å². The third-order valence-corrected chi connectivity index (χ3v) is 10.5. The summed E-state index contributed by atoms with van der Waals surface area (Å²) in [5.74, 6) is -3.38. The van der Waals surface area contributed by atoms with Crippen molar-refractivity contribution < 1.29 is 45.5 Å². The molecule has 1 saturated carbocycles. The number of benzene rings is 1. The molecule has 2 N–H and O–H groups in total. The molecule has 1 aromatic heterocycles. The second-order valence-electron chi connectivity index (χ2n) is 9.52. The minimum Gasteiger partial charge on any atom is -0.480 e. The van der Waals surface area contributed by atoms with Crippen molar-refractivity contribution in [3.8, 4) is 0 Å². The van der Waals surface area contributed by atoms with Crippen LogP contribution in [0.5, 0.6) is 0 Å². The monoisotopic (exact) mass is 587 g/mol. The quantitative estimate of drug-likeness (QED) is 0.477. The van der Waals surface area contributed by atoms with Crippen LogP contribution < -0.4 is 4.72 Å². The van der Waals surface area contributed by atoms with Gasteiger partial charge in [-0.1, -0.05) is 35.5 Å². The highest BCUT2D eigenvalue weighted by atomic mass is 32.3. The molecular weight excluding hydrogens is 563 g/mol. The first-order valence-electron chi connectivity index (χ1n) is 12.0. The number of nitrogens with zero attached hydrogens (tertiary/aromatic N) is 2. The molecule has 39 heavy (non-hydrogen) atoms. The fraction of sp³-hybridized carbons (Fsp3) is 0.458. The summed E-state index contributed by atoms with van der Waals surface area (Å²) in [5, 5.41) is 13.4. The number of aliphatic carboxylic acids is 1. The third kappa shape index (κ3) is 5.71. The Hall–Kier alpha value is -2.88. The number of nitrogens with one attached hydrogen (secondary N) is 1. The van der Waals surface area contributed by atoms with Gasteiger partial charge in [0.2, 0.25) is 21.7 Å². The van der Waals surface area contributed by atoms with E-state index in [9.17, 15) is 36.3 Å². The lowest BCUT2D eigenvalue weighted by Gasteiger charge is -2.27. The van der Waals surface area contributed by atoms with Gasteiger partial charge in [0.25, 0.3) is 0 Å². The zero-order valence-electron chi connectivity index (χ0n) is 20.3. The van der Waals surface area contributed by atoms with Gasteiger partial charge in [0, 0.05) is 30.0 Å². The summed E-state index contributed by atoms with van der Waals surface area (Å²) < 4.78 is 75.6. The average Bonchev–Trinajstić information content (AvgIpc) is 3.24. The Labute approximate surface area is 225 Å². The molecule has 0 radical (unpaired) electrons. The Morgan fingerprint density at radius 2 is 1.97 bits per heavy atom. The second-order valence-corrected chi connectivity index (χ2v) is 12.9. The first-order chi connectivity index (χ1) is 18.4. The van der Waals surface area contributed by atoms with Crippen LogP contribution in [0.25, 0.3) is 4.91 Å². The predicted octanol–water partition coefficient (Wildman–Crippen LogP) is 2.83. The number of hydrogen-bond donors (Lipinski definition) is 2. The molecular formula is C24H24F3N3O7S2. The Kier molecular flexibility index (Phi) is 7.28. The summed E-state index contributed by atoms with van der Waals surface area (Å²) in [4.78, 5) is 26.8. The van der Waals surface area contributed by atoms with E-state index in [-0.39, 0.29) is 35.8 Å². The maximum absolute atomic E-state index is 13.2. The van der Waals surface area contributed by atoms with Crippen LogP contribution in [0.4, 0.5) is 13.2 Å². The molecule has 15 heteroatoms. The number of carboxylic acid groups (broad SMARTS) is 1. The molecule has 3 atom stereocenters. The van der Waals surface area contributed by atoms with Crippen LogP contribution in [0.3, 0.4) is 0 Å². The Balaban J connectivity index is 1.26. The van der Waals surface area contributed by atoms with Crippen LogP contribution in [0, 0.1) is 0 Å². The molecule has 3 heterocycles. The van der Waals surface area contributed by atoms with E-state index in [2.05, 4.69) is 14.4 Å². The molecule has 3 aliphatic rings. The standard InChI is InChI=1S/C24H24F3N3O7S2/c25-24(26,27)19-12-17(28-37-19)18-4-5-21(38-18)39(34,35)29-23(22(32)33)13-16(23)15-3-1-2-14(10-15)11-20(31)30-6-8-36-9-7-30/h1-4,10,12,16,21,29H,5-9,11,13H2,(H,32,33). The molecule has 2 fully saturated rings. The summed E-state index contributed by atoms with van der Waals surface area (Å²) in [6.45, 7) is 1.94. The van der Waals surface area contributed by atoms with Crippen molar-refractivity contribution in [1.82, 2.24) is 14.8 Å². The number of allylic oxidation sites excluding steroid dienone is 1. The van der Waals surface area contributed by atoms with Crippen molar-refractivity contribution in [3.63, 3.8) is 0 Å². The summed E-state index contributed by atoms with van der Waals surface area (Å²) in [6, 6.07) is 7.56. The molecule has 210 valence electrons. The lowest BCUT2D eigenvalue weighted by atomic mass is 10.0. The number of aromatic nitrogens is 1. The Bertz CT molecular complexity index is 1420. The van der Waals surface area contributed by atoms with Gasteiger partial charge in [-0.15, -0.1) is 11.8 Å². The first-order valence-corrected chi connectivity index (χ1v) is 14.4. The number of carbonyl (C=O) groups excluding carboxylic acids is 1. The molecule has 1 amide bonds. The lowest BCUT2D eigenvalue weighted by molar-refractivity contribution is -0.155. The summed E-state index contributed by atoms with van der Waals surface area (Å²) in [7, 11) is -4.22. The number of amides is 1. The average molecular weight is 588 g/mol. The molecule has 5 rings (SSSR count). The van der Waals surface area contributed by atoms with E-state index in [0.29, 0.717) is 43.5 Å². The van der Waals surface area contributed by atoms with Gasteiger partial charge in [-0.25, -0.2) is 8.42 Å². The van der Waals surface area contributed by atoms with Crippen molar-refractivity contribution in [1.29, 1.82) is 0 Å². The molecule has 2 aromatic rings. The van der Waals surface area contributed by atoms with Crippen LogP contribution in [0.2, 0.25) is 0 Å². The van der Waals surface area contributed by atoms with E-state index in [0.717, 1.165) is 11.8 Å². The second kappa shape index (κ2) is 10.3. The zero-order chi connectivity index (χ0) is 28.0. The highest BCUT2D eigenvalue weighted by Crippen LogP contribution is 2.53. The number of ether oxygens (including phenoxy) is 1. The van der Waals surface area contributed by atoms with Crippen molar-refractivity contribution in [3.05, 3.63) is 59.0 Å². The molecule has 3 unspecified atom stereocenters. The van der Waals surface area contributed by atoms with E-state index < -0.39 is 44.0 Å². The summed E-state index contributed by atoms with van der Waals surface area (Å²) in [5.41, 5.74) is -0.644. The van der Waals surface area contributed by atoms with Crippen LogP contribution in [-0.2, 0) is 36.9 Å². The number of alkyl halides is 3. The van der Waals surface area contributed by atoms with Gasteiger partial charge in [0.05, 0.1) is 19.6 Å². The maximum Gasteiger partial charge on any atom is 0.452 e. The van der Waals surface area contributed by atoms with Gasteiger partial charge in [0.1, 0.15) is 15.8 Å². The topological polar surface area (TPSA) is 139 Å². The number of carbonyl (C=O) groups is 2. The molecule has 1 saturated heterocycles.